The van der Waals surface area contributed by atoms with Gasteiger partial charge in [0.25, 0.3) is 0 Å². The molecular formula is C14H9Cl5. The third kappa shape index (κ3) is 3.71. The Labute approximate surface area is 137 Å². The van der Waals surface area contributed by atoms with Gasteiger partial charge in [-0.15, -0.1) is 0 Å². The molecule has 0 saturated heterocycles. The van der Waals surface area contributed by atoms with Gasteiger partial charge >= 0.3 is 0 Å². The highest BCUT2D eigenvalue weighted by molar-refractivity contribution is 6.68. The van der Waals surface area contributed by atoms with Crippen LogP contribution in [0.3, 0.4) is 0 Å². The van der Waals surface area contributed by atoms with Crippen LogP contribution in [-0.2, 0) is 0 Å². The van der Waals surface area contributed by atoms with E-state index < -0.39 is 9.71 Å². The fraction of sp³-hybridized carbons (Fsp3) is 0.143. The van der Waals surface area contributed by atoms with Crippen LogP contribution in [0.4, 0.5) is 0 Å². The number of hydrogen-bond acceptors (Lipinski definition) is 0. The second-order valence-electron chi connectivity index (χ2n) is 4.05. The maximum Gasteiger partial charge on any atom is 0.201 e. The Bertz CT molecular complexity index is 557. The van der Waals surface area contributed by atoms with Gasteiger partial charge in [-0.2, -0.15) is 0 Å². The van der Waals surface area contributed by atoms with Crippen molar-refractivity contribution < 1.29 is 0 Å². The molecule has 0 amide bonds. The second kappa shape index (κ2) is 6.11. The maximum atomic E-state index is 6.20. The van der Waals surface area contributed by atoms with E-state index in [9.17, 15) is 0 Å². The van der Waals surface area contributed by atoms with Gasteiger partial charge in [-0.05, 0) is 29.3 Å². The zero-order valence-corrected chi connectivity index (χ0v) is 13.4. The van der Waals surface area contributed by atoms with Crippen molar-refractivity contribution in [3.8, 4) is 0 Å². The molecule has 100 valence electrons. The highest BCUT2D eigenvalue weighted by Crippen LogP contribution is 2.47. The lowest BCUT2D eigenvalue weighted by Crippen LogP contribution is -2.18. The van der Waals surface area contributed by atoms with Crippen molar-refractivity contribution in [2.24, 2.45) is 0 Å². The fourth-order valence-corrected chi connectivity index (χ4v) is 3.01. The smallest absolute Gasteiger partial charge is 0.0843 e. The van der Waals surface area contributed by atoms with Crippen molar-refractivity contribution in [3.63, 3.8) is 0 Å². The van der Waals surface area contributed by atoms with E-state index in [0.29, 0.717) is 10.0 Å². The lowest BCUT2D eigenvalue weighted by atomic mass is 9.92. The molecule has 0 aromatic heterocycles. The summed E-state index contributed by atoms with van der Waals surface area (Å²) >= 11 is 30.4. The van der Waals surface area contributed by atoms with Crippen LogP contribution in [0.1, 0.15) is 17.0 Å². The van der Waals surface area contributed by atoms with Gasteiger partial charge in [0.05, 0.1) is 5.92 Å². The molecule has 2 rings (SSSR count). The van der Waals surface area contributed by atoms with Crippen molar-refractivity contribution in [3.05, 3.63) is 69.7 Å². The van der Waals surface area contributed by atoms with Gasteiger partial charge < -0.3 is 0 Å². The van der Waals surface area contributed by atoms with Crippen LogP contribution in [0.15, 0.2) is 48.5 Å². The van der Waals surface area contributed by atoms with Crippen molar-refractivity contribution in [1.29, 1.82) is 0 Å². The molecule has 0 saturated carbocycles. The summed E-state index contributed by atoms with van der Waals surface area (Å²) in [4.78, 5) is 0. The Morgan fingerprint density at radius 2 is 1.37 bits per heavy atom. The molecule has 0 bridgehead atoms. The summed E-state index contributed by atoms with van der Waals surface area (Å²) < 4.78 is -1.50. The molecule has 2 aromatic rings. The monoisotopic (exact) mass is 352 g/mol. The molecule has 2 aromatic carbocycles. The predicted molar refractivity (Wildman–Crippen MR) is 85.0 cm³/mol. The Morgan fingerprint density at radius 3 is 1.89 bits per heavy atom. The van der Waals surface area contributed by atoms with Gasteiger partial charge in [-0.1, -0.05) is 88.3 Å². The van der Waals surface area contributed by atoms with Gasteiger partial charge in [0.15, 0.2) is 0 Å². The second-order valence-corrected chi connectivity index (χ2v) is 7.26. The summed E-state index contributed by atoms with van der Waals surface area (Å²) in [6, 6.07) is 14.5. The minimum absolute atomic E-state index is 0.455. The highest BCUT2D eigenvalue weighted by atomic mass is 35.6. The standard InChI is InChI=1S/C14H9Cl5/c15-10-7-5-9(6-8-10)13(14(17,18)19)11-3-1-2-4-12(11)16/h1-8,13H/t13-/m0/s1. The first-order valence-corrected chi connectivity index (χ1v) is 7.35. The number of alkyl halides is 3. The molecule has 0 aliphatic heterocycles. The van der Waals surface area contributed by atoms with E-state index in [2.05, 4.69) is 0 Å². The van der Waals surface area contributed by atoms with E-state index in [4.69, 9.17) is 58.0 Å². The van der Waals surface area contributed by atoms with Crippen LogP contribution in [0.5, 0.6) is 0 Å². The number of hydrogen-bond donors (Lipinski definition) is 0. The van der Waals surface area contributed by atoms with Crippen molar-refractivity contribution in [1.82, 2.24) is 0 Å². The van der Waals surface area contributed by atoms with Gasteiger partial charge in [-0.25, -0.2) is 0 Å². The van der Waals surface area contributed by atoms with E-state index in [-0.39, 0.29) is 0 Å². The molecule has 0 radical (unpaired) electrons. The quantitative estimate of drug-likeness (QED) is 0.540. The van der Waals surface area contributed by atoms with Crippen molar-refractivity contribution >= 4 is 58.0 Å². The van der Waals surface area contributed by atoms with Crippen LogP contribution in [0.25, 0.3) is 0 Å². The average molecular weight is 354 g/mol. The van der Waals surface area contributed by atoms with Crippen LogP contribution in [0.2, 0.25) is 10.0 Å². The zero-order valence-electron chi connectivity index (χ0n) is 9.59. The molecule has 0 spiro atoms. The SMILES string of the molecule is Clc1ccc([C@@H](c2ccccc2Cl)C(Cl)(Cl)Cl)cc1. The summed E-state index contributed by atoms with van der Waals surface area (Å²) in [5.41, 5.74) is 1.61. The normalized spacial score (nSPS) is 13.3. The molecule has 0 fully saturated rings. The Balaban J connectivity index is 2.55. The topological polar surface area (TPSA) is 0 Å². The van der Waals surface area contributed by atoms with Gasteiger partial charge in [0, 0.05) is 10.0 Å². The van der Waals surface area contributed by atoms with Crippen molar-refractivity contribution in [2.75, 3.05) is 0 Å². The summed E-state index contributed by atoms with van der Waals surface area (Å²) in [7, 11) is 0. The highest BCUT2D eigenvalue weighted by Gasteiger charge is 2.36. The molecule has 0 N–H and O–H groups in total. The Hall–Kier alpha value is -0.110. The molecule has 0 aliphatic carbocycles. The Kier molecular flexibility index (Phi) is 4.92. The average Bonchev–Trinajstić information content (AvgIpc) is 2.33. The molecule has 0 nitrogen and oxygen atoms in total. The molecule has 0 heterocycles. The van der Waals surface area contributed by atoms with Crippen LogP contribution in [0, 0.1) is 0 Å². The molecule has 19 heavy (non-hydrogen) atoms. The summed E-state index contributed by atoms with van der Waals surface area (Å²) in [5, 5.41) is 1.19. The van der Waals surface area contributed by atoms with E-state index in [1.807, 2.05) is 30.3 Å². The van der Waals surface area contributed by atoms with Gasteiger partial charge in [-0.3, -0.25) is 0 Å². The predicted octanol–water partition coefficient (Wildman–Crippen LogP) is 6.50. The van der Waals surface area contributed by atoms with E-state index in [0.717, 1.165) is 11.1 Å². The molecule has 0 aliphatic rings. The zero-order chi connectivity index (χ0) is 14.0. The Morgan fingerprint density at radius 1 is 0.789 bits per heavy atom. The minimum Gasteiger partial charge on any atom is -0.0843 e. The van der Waals surface area contributed by atoms with E-state index >= 15 is 0 Å². The number of benzene rings is 2. The fourth-order valence-electron chi connectivity index (χ4n) is 1.91. The van der Waals surface area contributed by atoms with Crippen LogP contribution < -0.4 is 0 Å². The molecule has 0 unspecified atom stereocenters. The first-order valence-electron chi connectivity index (χ1n) is 5.46. The summed E-state index contributed by atoms with van der Waals surface area (Å²) in [6.07, 6.45) is 0. The summed E-state index contributed by atoms with van der Waals surface area (Å²) in [6.45, 7) is 0. The van der Waals surface area contributed by atoms with E-state index in [1.165, 1.54) is 0 Å². The molecule has 5 heteroatoms. The van der Waals surface area contributed by atoms with Crippen LogP contribution in [-0.4, -0.2) is 3.79 Å². The molecule has 1 atom stereocenters. The largest absolute Gasteiger partial charge is 0.201 e. The van der Waals surface area contributed by atoms with Gasteiger partial charge in [0.1, 0.15) is 0 Å². The molecular weight excluding hydrogens is 345 g/mol. The minimum atomic E-state index is -1.50. The third-order valence-electron chi connectivity index (χ3n) is 2.75. The maximum absolute atomic E-state index is 6.20. The van der Waals surface area contributed by atoms with Crippen LogP contribution >= 0.6 is 58.0 Å². The number of rotatable bonds is 2. The lowest BCUT2D eigenvalue weighted by molar-refractivity contribution is 0.839. The lowest BCUT2D eigenvalue weighted by Gasteiger charge is -2.26. The third-order valence-corrected chi connectivity index (χ3v) is 4.00. The van der Waals surface area contributed by atoms with E-state index in [1.54, 1.807) is 18.2 Å². The van der Waals surface area contributed by atoms with Gasteiger partial charge in [0.2, 0.25) is 3.79 Å². The number of halogens is 5. The summed E-state index contributed by atoms with van der Waals surface area (Å²) in [5.74, 6) is -0.455. The first kappa shape index (κ1) is 15.3. The first-order chi connectivity index (χ1) is 8.89. The van der Waals surface area contributed by atoms with Crippen molar-refractivity contribution in [2.45, 2.75) is 9.71 Å².